The largest absolute Gasteiger partial charge is 0.353 e. The van der Waals surface area contributed by atoms with Gasteiger partial charge in [-0.2, -0.15) is 4.98 Å². The molecule has 1 aromatic carbocycles. The minimum Gasteiger partial charge on any atom is -0.353 e. The molecular weight excluding hydrogens is 314 g/mol. The van der Waals surface area contributed by atoms with Crippen molar-refractivity contribution in [3.63, 3.8) is 0 Å². The monoisotopic (exact) mass is 339 g/mol. The van der Waals surface area contributed by atoms with E-state index in [1.165, 1.54) is 11.1 Å². The molecule has 1 aromatic heterocycles. The van der Waals surface area contributed by atoms with Gasteiger partial charge in [-0.15, -0.1) is 0 Å². The zero-order valence-electron chi connectivity index (χ0n) is 15.3. The second kappa shape index (κ2) is 7.09. The fraction of sp³-hybridized carbons (Fsp3) is 0.421. The second-order valence-corrected chi connectivity index (χ2v) is 6.63. The van der Waals surface area contributed by atoms with Crippen LogP contribution in [0.5, 0.6) is 0 Å². The number of hydrogen-bond donors (Lipinski definition) is 1. The molecule has 1 aliphatic heterocycles. The summed E-state index contributed by atoms with van der Waals surface area (Å²) in [5.74, 6) is 1.65. The van der Waals surface area contributed by atoms with Gasteiger partial charge in [0.25, 0.3) is 0 Å². The predicted octanol–water partition coefficient (Wildman–Crippen LogP) is 2.81. The maximum absolute atomic E-state index is 11.5. The van der Waals surface area contributed by atoms with Gasteiger partial charge in [0.15, 0.2) is 0 Å². The van der Waals surface area contributed by atoms with Crippen LogP contribution < -0.4 is 10.2 Å². The summed E-state index contributed by atoms with van der Waals surface area (Å²) in [5.41, 5.74) is 4.34. The average Bonchev–Trinajstić information content (AvgIpc) is 2.57. The zero-order chi connectivity index (χ0) is 18.0. The number of nitrogens with zero attached hydrogens (tertiary/aromatic N) is 4. The summed E-state index contributed by atoms with van der Waals surface area (Å²) >= 11 is 0. The number of aryl methyl sites for hydroxylation is 3. The molecule has 0 unspecified atom stereocenters. The maximum atomic E-state index is 11.5. The van der Waals surface area contributed by atoms with Gasteiger partial charge >= 0.3 is 0 Å². The third-order valence-electron chi connectivity index (χ3n) is 4.52. The van der Waals surface area contributed by atoms with Crippen molar-refractivity contribution >= 4 is 23.4 Å². The number of nitrogens with one attached hydrogen (secondary N) is 1. The normalized spacial score (nSPS) is 14.6. The van der Waals surface area contributed by atoms with Gasteiger partial charge < -0.3 is 15.1 Å². The second-order valence-electron chi connectivity index (χ2n) is 6.63. The van der Waals surface area contributed by atoms with Crippen molar-refractivity contribution in [2.45, 2.75) is 27.7 Å². The molecule has 132 valence electrons. The van der Waals surface area contributed by atoms with Crippen LogP contribution in [0.1, 0.15) is 23.7 Å². The van der Waals surface area contributed by atoms with Crippen LogP contribution in [-0.2, 0) is 4.79 Å². The van der Waals surface area contributed by atoms with Crippen LogP contribution in [0.4, 0.5) is 17.5 Å². The van der Waals surface area contributed by atoms with E-state index < -0.39 is 0 Å². The summed E-state index contributed by atoms with van der Waals surface area (Å²) in [6, 6.07) is 8.27. The lowest BCUT2D eigenvalue weighted by atomic mass is 10.1. The van der Waals surface area contributed by atoms with Crippen LogP contribution in [0.25, 0.3) is 0 Å². The van der Waals surface area contributed by atoms with Gasteiger partial charge in [0.05, 0.1) is 0 Å². The first kappa shape index (κ1) is 17.2. The van der Waals surface area contributed by atoms with Gasteiger partial charge in [-0.05, 0) is 32.4 Å². The number of benzene rings is 1. The van der Waals surface area contributed by atoms with Crippen molar-refractivity contribution in [1.29, 1.82) is 0 Å². The molecule has 6 heteroatoms. The first-order chi connectivity index (χ1) is 11.9. The van der Waals surface area contributed by atoms with Crippen molar-refractivity contribution in [3.05, 3.63) is 41.1 Å². The van der Waals surface area contributed by atoms with E-state index in [1.54, 1.807) is 6.92 Å². The molecule has 0 atom stereocenters. The number of rotatable bonds is 3. The van der Waals surface area contributed by atoms with E-state index in [0.717, 1.165) is 43.4 Å². The molecule has 2 heterocycles. The molecule has 2 aromatic rings. The highest BCUT2D eigenvalue weighted by atomic mass is 16.2. The van der Waals surface area contributed by atoms with Gasteiger partial charge in [-0.25, -0.2) is 4.98 Å². The molecule has 0 spiro atoms. The number of anilines is 3. The summed E-state index contributed by atoms with van der Waals surface area (Å²) in [6.07, 6.45) is 0. The molecule has 6 nitrogen and oxygen atoms in total. The Morgan fingerprint density at radius 3 is 2.40 bits per heavy atom. The quantitative estimate of drug-likeness (QED) is 0.932. The summed E-state index contributed by atoms with van der Waals surface area (Å²) < 4.78 is 0. The molecule has 1 fully saturated rings. The SMILES string of the molecule is CC(=O)N1CCN(c2cc(C)nc(Nc3ccc(C)cc3C)n2)CC1. The van der Waals surface area contributed by atoms with Crippen LogP contribution >= 0.6 is 0 Å². The number of piperazine rings is 1. The molecule has 1 saturated heterocycles. The number of carbonyl (C=O) groups is 1. The summed E-state index contributed by atoms with van der Waals surface area (Å²) in [5, 5.41) is 3.33. The molecule has 1 aliphatic rings. The highest BCUT2D eigenvalue weighted by Gasteiger charge is 2.20. The van der Waals surface area contributed by atoms with Crippen LogP contribution in [0, 0.1) is 20.8 Å². The minimum absolute atomic E-state index is 0.135. The standard InChI is InChI=1S/C19H25N5O/c1-13-5-6-17(14(2)11-13)21-19-20-15(3)12-18(22-19)24-9-7-23(8-10-24)16(4)25/h5-6,11-12H,7-10H2,1-4H3,(H,20,21,22). The summed E-state index contributed by atoms with van der Waals surface area (Å²) in [7, 11) is 0. The number of carbonyl (C=O) groups excluding carboxylic acids is 1. The van der Waals surface area contributed by atoms with E-state index in [9.17, 15) is 4.79 Å². The van der Waals surface area contributed by atoms with Gasteiger partial charge in [0.2, 0.25) is 11.9 Å². The topological polar surface area (TPSA) is 61.4 Å². The van der Waals surface area contributed by atoms with Crippen molar-refractivity contribution in [2.24, 2.45) is 0 Å². The number of amides is 1. The van der Waals surface area contributed by atoms with Gasteiger partial charge in [-0.1, -0.05) is 17.7 Å². The number of hydrogen-bond acceptors (Lipinski definition) is 5. The average molecular weight is 339 g/mol. The van der Waals surface area contributed by atoms with Crippen molar-refractivity contribution in [1.82, 2.24) is 14.9 Å². The molecule has 3 rings (SSSR count). The van der Waals surface area contributed by atoms with Crippen LogP contribution in [0.2, 0.25) is 0 Å². The molecule has 0 bridgehead atoms. The lowest BCUT2D eigenvalue weighted by molar-refractivity contribution is -0.129. The molecule has 0 saturated carbocycles. The first-order valence-electron chi connectivity index (χ1n) is 8.63. The smallest absolute Gasteiger partial charge is 0.229 e. The van der Waals surface area contributed by atoms with Crippen molar-refractivity contribution in [3.8, 4) is 0 Å². The maximum Gasteiger partial charge on any atom is 0.229 e. The molecular formula is C19H25N5O. The third-order valence-corrected chi connectivity index (χ3v) is 4.52. The van der Waals surface area contributed by atoms with Gasteiger partial charge in [-0.3, -0.25) is 4.79 Å². The Kier molecular flexibility index (Phi) is 4.88. The zero-order valence-corrected chi connectivity index (χ0v) is 15.3. The van der Waals surface area contributed by atoms with E-state index in [1.807, 2.05) is 17.9 Å². The Hall–Kier alpha value is -2.63. The Morgan fingerprint density at radius 1 is 1.04 bits per heavy atom. The fourth-order valence-electron chi connectivity index (χ4n) is 3.09. The van der Waals surface area contributed by atoms with E-state index in [0.29, 0.717) is 5.95 Å². The Labute approximate surface area is 148 Å². The minimum atomic E-state index is 0.135. The fourth-order valence-corrected chi connectivity index (χ4v) is 3.09. The highest BCUT2D eigenvalue weighted by Crippen LogP contribution is 2.22. The predicted molar refractivity (Wildman–Crippen MR) is 100 cm³/mol. The van der Waals surface area contributed by atoms with E-state index in [4.69, 9.17) is 0 Å². The van der Waals surface area contributed by atoms with E-state index >= 15 is 0 Å². The Bertz CT molecular complexity index is 781. The molecule has 1 amide bonds. The van der Waals surface area contributed by atoms with E-state index in [-0.39, 0.29) is 5.91 Å². The number of aromatic nitrogens is 2. The Morgan fingerprint density at radius 2 is 1.76 bits per heavy atom. The van der Waals surface area contributed by atoms with Crippen molar-refractivity contribution < 1.29 is 4.79 Å². The molecule has 0 aliphatic carbocycles. The third kappa shape index (κ3) is 4.07. The van der Waals surface area contributed by atoms with Crippen LogP contribution in [-0.4, -0.2) is 47.0 Å². The molecule has 0 radical (unpaired) electrons. The Balaban J connectivity index is 1.78. The first-order valence-corrected chi connectivity index (χ1v) is 8.63. The summed E-state index contributed by atoms with van der Waals surface area (Å²) in [6.45, 7) is 10.8. The molecule has 1 N–H and O–H groups in total. The van der Waals surface area contributed by atoms with E-state index in [2.05, 4.69) is 52.2 Å². The van der Waals surface area contributed by atoms with Crippen LogP contribution in [0.15, 0.2) is 24.3 Å². The lowest BCUT2D eigenvalue weighted by Gasteiger charge is -2.35. The molecule has 25 heavy (non-hydrogen) atoms. The lowest BCUT2D eigenvalue weighted by Crippen LogP contribution is -2.48. The highest BCUT2D eigenvalue weighted by molar-refractivity contribution is 5.73. The van der Waals surface area contributed by atoms with Gasteiger partial charge in [0, 0.05) is 50.6 Å². The van der Waals surface area contributed by atoms with Crippen molar-refractivity contribution in [2.75, 3.05) is 36.4 Å². The van der Waals surface area contributed by atoms with Crippen LogP contribution in [0.3, 0.4) is 0 Å². The summed E-state index contributed by atoms with van der Waals surface area (Å²) in [4.78, 5) is 24.8. The van der Waals surface area contributed by atoms with Gasteiger partial charge in [0.1, 0.15) is 5.82 Å².